The Morgan fingerprint density at radius 1 is 1.25 bits per heavy atom. The van der Waals surface area contributed by atoms with Crippen LogP contribution < -0.4 is 5.32 Å². The number of amides is 1. The lowest BCUT2D eigenvalue weighted by Crippen LogP contribution is -2.41. The zero-order valence-electron chi connectivity index (χ0n) is 13.3. The zero-order valence-corrected chi connectivity index (χ0v) is 13.3. The quantitative estimate of drug-likeness (QED) is 0.750. The minimum Gasteiger partial charge on any atom is -0.465 e. The number of anilines is 1. The molecule has 1 saturated heterocycles. The van der Waals surface area contributed by atoms with Gasteiger partial charge >= 0.3 is 6.09 Å². The Balaban J connectivity index is 1.49. The van der Waals surface area contributed by atoms with Gasteiger partial charge in [-0.2, -0.15) is 0 Å². The lowest BCUT2D eigenvalue weighted by Gasteiger charge is -2.30. The Morgan fingerprint density at radius 2 is 2.00 bits per heavy atom. The molecule has 2 aliphatic rings. The second kappa shape index (κ2) is 5.81. The van der Waals surface area contributed by atoms with E-state index in [0.717, 1.165) is 48.0 Å². The molecule has 7 nitrogen and oxygen atoms in total. The van der Waals surface area contributed by atoms with Crippen LogP contribution in [0.25, 0.3) is 11.0 Å². The Labute approximate surface area is 139 Å². The zero-order chi connectivity index (χ0) is 16.7. The Bertz CT molecular complexity index is 788. The maximum Gasteiger partial charge on any atom is 0.407 e. The average molecular weight is 328 g/mol. The van der Waals surface area contributed by atoms with E-state index >= 15 is 0 Å². The highest BCUT2D eigenvalue weighted by Gasteiger charge is 2.32. The molecular weight excluding hydrogens is 308 g/mol. The largest absolute Gasteiger partial charge is 0.465 e. The number of carbonyl (C=O) groups excluding carboxylic acids is 1. The first-order valence-corrected chi connectivity index (χ1v) is 8.37. The number of H-pyrrole nitrogens is 1. The highest BCUT2D eigenvalue weighted by Crippen LogP contribution is 2.35. The molecule has 3 N–H and O–H groups in total. The molecule has 24 heavy (non-hydrogen) atoms. The van der Waals surface area contributed by atoms with E-state index in [0.29, 0.717) is 13.1 Å². The first-order valence-electron chi connectivity index (χ1n) is 8.37. The summed E-state index contributed by atoms with van der Waals surface area (Å²) < 4.78 is 0. The summed E-state index contributed by atoms with van der Waals surface area (Å²) in [7, 11) is 0. The minimum atomic E-state index is -0.855. The van der Waals surface area contributed by atoms with Gasteiger partial charge in [0.1, 0.15) is 5.65 Å². The molecule has 3 heterocycles. The number of piperidine rings is 1. The van der Waals surface area contributed by atoms with Gasteiger partial charge in [0, 0.05) is 42.2 Å². The van der Waals surface area contributed by atoms with Gasteiger partial charge in [-0.3, -0.25) is 4.79 Å². The molecular formula is C17H20N4O3. The third kappa shape index (κ3) is 2.81. The van der Waals surface area contributed by atoms with Crippen LogP contribution in [0.4, 0.5) is 10.5 Å². The first kappa shape index (κ1) is 15.0. The van der Waals surface area contributed by atoms with E-state index in [1.165, 1.54) is 4.90 Å². The van der Waals surface area contributed by atoms with Gasteiger partial charge in [0.15, 0.2) is 5.78 Å². The molecule has 0 unspecified atom stereocenters. The SMILES string of the molecule is O=C(c1c[nH]c2ncc(NC3CCN(C(=O)O)CC3)cc12)C1CC1. The van der Waals surface area contributed by atoms with E-state index in [1.807, 2.05) is 6.07 Å². The number of nitrogens with zero attached hydrogens (tertiary/aromatic N) is 2. The van der Waals surface area contributed by atoms with Crippen molar-refractivity contribution >= 4 is 28.6 Å². The summed E-state index contributed by atoms with van der Waals surface area (Å²) in [4.78, 5) is 32.2. The number of aromatic amines is 1. The number of hydrogen-bond acceptors (Lipinski definition) is 4. The van der Waals surface area contributed by atoms with Crippen molar-refractivity contribution in [3.05, 3.63) is 24.0 Å². The smallest absolute Gasteiger partial charge is 0.407 e. The van der Waals surface area contributed by atoms with Crippen molar-refractivity contribution in [3.8, 4) is 0 Å². The van der Waals surface area contributed by atoms with Crippen LogP contribution in [0.2, 0.25) is 0 Å². The predicted octanol–water partition coefficient (Wildman–Crippen LogP) is 2.71. The van der Waals surface area contributed by atoms with Gasteiger partial charge in [-0.25, -0.2) is 9.78 Å². The third-order valence-electron chi connectivity index (χ3n) is 4.88. The number of nitrogens with one attached hydrogen (secondary N) is 2. The van der Waals surface area contributed by atoms with Crippen LogP contribution in [-0.4, -0.2) is 51.0 Å². The van der Waals surface area contributed by atoms with Crippen molar-refractivity contribution in [2.24, 2.45) is 5.92 Å². The number of carbonyl (C=O) groups is 2. The molecule has 7 heteroatoms. The van der Waals surface area contributed by atoms with Crippen molar-refractivity contribution < 1.29 is 14.7 Å². The van der Waals surface area contributed by atoms with Gasteiger partial charge in [0.2, 0.25) is 0 Å². The summed E-state index contributed by atoms with van der Waals surface area (Å²) >= 11 is 0. The molecule has 0 spiro atoms. The highest BCUT2D eigenvalue weighted by molar-refractivity contribution is 6.09. The van der Waals surface area contributed by atoms with Crippen molar-refractivity contribution in [1.29, 1.82) is 0 Å². The van der Waals surface area contributed by atoms with Crippen molar-refractivity contribution in [3.63, 3.8) is 0 Å². The molecule has 0 aromatic carbocycles. The lowest BCUT2D eigenvalue weighted by atomic mass is 10.0. The lowest BCUT2D eigenvalue weighted by molar-refractivity contribution is 0.0969. The van der Waals surface area contributed by atoms with E-state index in [1.54, 1.807) is 12.4 Å². The van der Waals surface area contributed by atoms with Gasteiger partial charge in [0.05, 0.1) is 11.9 Å². The van der Waals surface area contributed by atoms with Crippen LogP contribution in [0.3, 0.4) is 0 Å². The molecule has 4 rings (SSSR count). The minimum absolute atomic E-state index is 0.181. The van der Waals surface area contributed by atoms with Crippen LogP contribution in [0.1, 0.15) is 36.0 Å². The predicted molar refractivity (Wildman–Crippen MR) is 89.4 cm³/mol. The van der Waals surface area contributed by atoms with E-state index in [2.05, 4.69) is 15.3 Å². The van der Waals surface area contributed by atoms with Crippen LogP contribution in [0.5, 0.6) is 0 Å². The molecule has 126 valence electrons. The normalized spacial score (nSPS) is 18.8. The summed E-state index contributed by atoms with van der Waals surface area (Å²) in [5.41, 5.74) is 2.33. The van der Waals surface area contributed by atoms with E-state index < -0.39 is 6.09 Å². The van der Waals surface area contributed by atoms with Gasteiger partial charge in [-0.1, -0.05) is 0 Å². The number of ketones is 1. The molecule has 1 amide bonds. The fourth-order valence-corrected chi connectivity index (χ4v) is 3.30. The van der Waals surface area contributed by atoms with Crippen LogP contribution >= 0.6 is 0 Å². The van der Waals surface area contributed by atoms with E-state index in [9.17, 15) is 9.59 Å². The molecule has 0 bridgehead atoms. The van der Waals surface area contributed by atoms with Gasteiger partial charge in [-0.15, -0.1) is 0 Å². The van der Waals surface area contributed by atoms with E-state index in [4.69, 9.17) is 5.11 Å². The number of carboxylic acid groups (broad SMARTS) is 1. The fraction of sp³-hybridized carbons (Fsp3) is 0.471. The number of fused-ring (bicyclic) bond motifs is 1. The topological polar surface area (TPSA) is 98.3 Å². The van der Waals surface area contributed by atoms with Crippen molar-refractivity contribution in [1.82, 2.24) is 14.9 Å². The second-order valence-electron chi connectivity index (χ2n) is 6.65. The number of likely N-dealkylation sites (tertiary alicyclic amines) is 1. The maximum absolute atomic E-state index is 12.4. The summed E-state index contributed by atoms with van der Waals surface area (Å²) in [6.07, 6.45) is 6.17. The van der Waals surface area contributed by atoms with E-state index in [-0.39, 0.29) is 17.7 Å². The van der Waals surface area contributed by atoms with Gasteiger partial charge in [-0.05, 0) is 31.7 Å². The third-order valence-corrected chi connectivity index (χ3v) is 4.88. The molecule has 2 fully saturated rings. The maximum atomic E-state index is 12.4. The molecule has 1 aliphatic heterocycles. The summed E-state index contributed by atoms with van der Waals surface area (Å²) in [6, 6.07) is 2.19. The van der Waals surface area contributed by atoms with Crippen molar-refractivity contribution in [2.75, 3.05) is 18.4 Å². The monoisotopic (exact) mass is 328 g/mol. The Kier molecular flexibility index (Phi) is 3.63. The molecule has 1 saturated carbocycles. The molecule has 2 aromatic heterocycles. The van der Waals surface area contributed by atoms with Crippen LogP contribution in [0.15, 0.2) is 18.5 Å². The standard InChI is InChI=1S/C17H20N4O3/c22-15(10-1-2-10)14-9-19-16-13(14)7-12(8-18-16)20-11-3-5-21(6-4-11)17(23)24/h7-11,20H,1-6H2,(H,18,19)(H,23,24). The van der Waals surface area contributed by atoms with Crippen LogP contribution in [0, 0.1) is 5.92 Å². The number of aromatic nitrogens is 2. The molecule has 2 aromatic rings. The number of rotatable bonds is 4. The Hall–Kier alpha value is -2.57. The number of hydrogen-bond donors (Lipinski definition) is 3. The average Bonchev–Trinajstić information content (AvgIpc) is 3.35. The van der Waals surface area contributed by atoms with Gasteiger partial charge < -0.3 is 20.3 Å². The highest BCUT2D eigenvalue weighted by atomic mass is 16.4. The summed E-state index contributed by atoms with van der Waals surface area (Å²) in [5, 5.41) is 13.3. The van der Waals surface area contributed by atoms with Gasteiger partial charge in [0.25, 0.3) is 0 Å². The van der Waals surface area contributed by atoms with Crippen molar-refractivity contribution in [2.45, 2.75) is 31.7 Å². The molecule has 0 radical (unpaired) electrons. The first-order chi connectivity index (χ1) is 11.6. The molecule has 0 atom stereocenters. The molecule has 1 aliphatic carbocycles. The second-order valence-corrected chi connectivity index (χ2v) is 6.65. The summed E-state index contributed by atoms with van der Waals surface area (Å²) in [6.45, 7) is 1.08. The number of Topliss-reactive ketones (excluding diaryl/α,β-unsaturated/α-hetero) is 1. The Morgan fingerprint density at radius 3 is 2.67 bits per heavy atom. The summed E-state index contributed by atoms with van der Waals surface area (Å²) in [5.74, 6) is 0.385. The van der Waals surface area contributed by atoms with Crippen LogP contribution in [-0.2, 0) is 0 Å². The number of pyridine rings is 1. The fourth-order valence-electron chi connectivity index (χ4n) is 3.30.